The molecule has 0 aliphatic carbocycles. The van der Waals surface area contributed by atoms with Gasteiger partial charge in [0.2, 0.25) is 0 Å². The van der Waals surface area contributed by atoms with Gasteiger partial charge in [-0.25, -0.2) is 4.98 Å². The van der Waals surface area contributed by atoms with Crippen LogP contribution < -0.4 is 10.6 Å². The number of nitrogens with zero attached hydrogens (tertiary/aromatic N) is 3. The summed E-state index contributed by atoms with van der Waals surface area (Å²) < 4.78 is 0. The summed E-state index contributed by atoms with van der Waals surface area (Å²) in [7, 11) is 0. The Bertz CT molecular complexity index is 704. The zero-order valence-corrected chi connectivity index (χ0v) is 14.4. The Hall–Kier alpha value is -2.63. The van der Waals surface area contributed by atoms with Gasteiger partial charge in [0, 0.05) is 37.7 Å². The van der Waals surface area contributed by atoms with Crippen molar-refractivity contribution in [3.63, 3.8) is 0 Å². The highest BCUT2D eigenvalue weighted by atomic mass is 16.2. The van der Waals surface area contributed by atoms with Crippen LogP contribution in [0.2, 0.25) is 0 Å². The second kappa shape index (κ2) is 7.96. The molecule has 6 heteroatoms. The highest BCUT2D eigenvalue weighted by molar-refractivity contribution is 5.94. The second-order valence-electron chi connectivity index (χ2n) is 6.43. The number of aromatic nitrogens is 1. The summed E-state index contributed by atoms with van der Waals surface area (Å²) in [4.78, 5) is 21.3. The number of likely N-dealkylation sites (tertiary alicyclic amines) is 1. The van der Waals surface area contributed by atoms with Crippen LogP contribution in [0.25, 0.3) is 0 Å². The van der Waals surface area contributed by atoms with E-state index in [-0.39, 0.29) is 5.91 Å². The Morgan fingerprint density at radius 2 is 2.00 bits per heavy atom. The van der Waals surface area contributed by atoms with Gasteiger partial charge >= 0.3 is 0 Å². The molecule has 3 N–H and O–H groups in total. The largest absolute Gasteiger partial charge is 0.405 e. The van der Waals surface area contributed by atoms with Gasteiger partial charge in [0.25, 0.3) is 5.91 Å². The number of carbonyl (C=O) groups is 1. The molecule has 1 saturated heterocycles. The van der Waals surface area contributed by atoms with E-state index < -0.39 is 0 Å². The monoisotopic (exact) mass is 339 g/mol. The molecule has 0 saturated carbocycles. The Kier molecular flexibility index (Phi) is 5.48. The summed E-state index contributed by atoms with van der Waals surface area (Å²) in [5, 5.41) is 7.34. The predicted molar refractivity (Wildman–Crippen MR) is 99.9 cm³/mol. The number of nitrogens with two attached hydrogens (primary N) is 1. The topological polar surface area (TPSA) is 86.3 Å². The number of pyridine rings is 1. The predicted octanol–water partition coefficient (Wildman–Crippen LogP) is 2.47. The van der Waals surface area contributed by atoms with E-state index in [1.54, 1.807) is 18.3 Å². The Balaban J connectivity index is 1.88. The summed E-state index contributed by atoms with van der Waals surface area (Å²) in [6.45, 7) is 2.51. The smallest absolute Gasteiger partial charge is 0.255 e. The zero-order valence-electron chi connectivity index (χ0n) is 14.4. The molecule has 0 radical (unpaired) electrons. The van der Waals surface area contributed by atoms with Crippen molar-refractivity contribution in [1.29, 1.82) is 5.41 Å². The number of aryl methyl sites for hydroxylation is 1. The van der Waals surface area contributed by atoms with Crippen molar-refractivity contribution in [2.24, 2.45) is 5.73 Å². The van der Waals surface area contributed by atoms with E-state index in [2.05, 4.69) is 9.88 Å². The van der Waals surface area contributed by atoms with E-state index in [0.717, 1.165) is 62.4 Å². The SMILES string of the molecule is N=C/C=C(\C=C/N)N1CCCc2cc(C(=O)N3CCCCC3)cnc21. The van der Waals surface area contributed by atoms with Crippen molar-refractivity contribution in [2.45, 2.75) is 32.1 Å². The highest BCUT2D eigenvalue weighted by Gasteiger charge is 2.24. The Morgan fingerprint density at radius 1 is 1.20 bits per heavy atom. The van der Waals surface area contributed by atoms with Crippen LogP contribution in [0.4, 0.5) is 5.82 Å². The average molecular weight is 339 g/mol. The molecule has 1 fully saturated rings. The van der Waals surface area contributed by atoms with Crippen molar-refractivity contribution in [2.75, 3.05) is 24.5 Å². The number of rotatable bonds is 4. The lowest BCUT2D eigenvalue weighted by Crippen LogP contribution is -2.36. The molecule has 6 nitrogen and oxygen atoms in total. The van der Waals surface area contributed by atoms with Crippen molar-refractivity contribution >= 4 is 17.9 Å². The van der Waals surface area contributed by atoms with Crippen molar-refractivity contribution in [3.8, 4) is 0 Å². The van der Waals surface area contributed by atoms with Crippen LogP contribution in [-0.4, -0.2) is 41.6 Å². The molecule has 0 unspecified atom stereocenters. The van der Waals surface area contributed by atoms with Gasteiger partial charge in [-0.3, -0.25) is 4.79 Å². The fraction of sp³-hybridized carbons (Fsp3) is 0.421. The molecule has 2 aliphatic rings. The summed E-state index contributed by atoms with van der Waals surface area (Å²) in [5.74, 6) is 0.942. The van der Waals surface area contributed by atoms with Crippen LogP contribution in [0.5, 0.6) is 0 Å². The fourth-order valence-corrected chi connectivity index (χ4v) is 3.53. The molecule has 1 aromatic rings. The zero-order chi connectivity index (χ0) is 17.6. The van der Waals surface area contributed by atoms with Gasteiger partial charge in [0.15, 0.2) is 0 Å². The lowest BCUT2D eigenvalue weighted by atomic mass is 10.0. The summed E-state index contributed by atoms with van der Waals surface area (Å²) >= 11 is 0. The average Bonchev–Trinajstić information content (AvgIpc) is 2.67. The van der Waals surface area contributed by atoms with Gasteiger partial charge in [-0.15, -0.1) is 0 Å². The fourth-order valence-electron chi connectivity index (χ4n) is 3.53. The minimum atomic E-state index is 0.0873. The highest BCUT2D eigenvalue weighted by Crippen LogP contribution is 2.29. The van der Waals surface area contributed by atoms with Crippen molar-refractivity contribution in [3.05, 3.63) is 47.4 Å². The third-order valence-electron chi connectivity index (χ3n) is 4.75. The first-order valence-corrected chi connectivity index (χ1v) is 8.89. The molecule has 132 valence electrons. The van der Waals surface area contributed by atoms with Crippen LogP contribution in [0.15, 0.2) is 36.3 Å². The Morgan fingerprint density at radius 3 is 2.72 bits per heavy atom. The molecule has 0 atom stereocenters. The molecule has 3 heterocycles. The Labute approximate surface area is 148 Å². The first-order chi connectivity index (χ1) is 12.2. The molecule has 3 rings (SSSR count). The second-order valence-corrected chi connectivity index (χ2v) is 6.43. The maximum atomic E-state index is 12.7. The number of hydrogen-bond acceptors (Lipinski definition) is 5. The van der Waals surface area contributed by atoms with Gasteiger partial charge in [-0.05, 0) is 62.1 Å². The van der Waals surface area contributed by atoms with Crippen LogP contribution in [-0.2, 0) is 6.42 Å². The number of carbonyl (C=O) groups excluding carboxylic acids is 1. The number of nitrogens with one attached hydrogen (secondary N) is 1. The van der Waals surface area contributed by atoms with Gasteiger partial charge in [0.05, 0.1) is 5.56 Å². The van der Waals surface area contributed by atoms with Gasteiger partial charge < -0.3 is 20.9 Å². The summed E-state index contributed by atoms with van der Waals surface area (Å²) in [6.07, 6.45) is 13.1. The van der Waals surface area contributed by atoms with Crippen LogP contribution in [0.1, 0.15) is 41.6 Å². The molecule has 1 amide bonds. The molecule has 1 aromatic heterocycles. The molecule has 2 aliphatic heterocycles. The molecule has 0 bridgehead atoms. The summed E-state index contributed by atoms with van der Waals surface area (Å²) in [6, 6.07) is 1.99. The van der Waals surface area contributed by atoms with Gasteiger partial charge in [-0.2, -0.15) is 0 Å². The molecular formula is C19H25N5O. The third-order valence-corrected chi connectivity index (χ3v) is 4.75. The van der Waals surface area contributed by atoms with Crippen LogP contribution in [0.3, 0.4) is 0 Å². The molecule has 25 heavy (non-hydrogen) atoms. The number of piperidine rings is 1. The minimum Gasteiger partial charge on any atom is -0.405 e. The molecule has 0 spiro atoms. The molecular weight excluding hydrogens is 314 g/mol. The lowest BCUT2D eigenvalue weighted by molar-refractivity contribution is 0.0724. The first kappa shape index (κ1) is 17.2. The number of amides is 1. The van der Waals surface area contributed by atoms with Gasteiger partial charge in [-0.1, -0.05) is 0 Å². The maximum Gasteiger partial charge on any atom is 0.255 e. The van der Waals surface area contributed by atoms with Crippen molar-refractivity contribution < 1.29 is 4.79 Å². The number of anilines is 1. The van der Waals surface area contributed by atoms with E-state index in [1.165, 1.54) is 18.8 Å². The van der Waals surface area contributed by atoms with E-state index in [1.807, 2.05) is 11.0 Å². The normalized spacial score (nSPS) is 18.3. The van der Waals surface area contributed by atoms with E-state index in [4.69, 9.17) is 11.1 Å². The third kappa shape index (κ3) is 3.73. The van der Waals surface area contributed by atoms with E-state index in [9.17, 15) is 4.79 Å². The molecule has 0 aromatic carbocycles. The van der Waals surface area contributed by atoms with Gasteiger partial charge in [0.1, 0.15) is 5.82 Å². The number of allylic oxidation sites excluding steroid dienone is 2. The lowest BCUT2D eigenvalue weighted by Gasteiger charge is -2.31. The maximum absolute atomic E-state index is 12.7. The summed E-state index contributed by atoms with van der Waals surface area (Å²) in [5.41, 5.74) is 8.13. The van der Waals surface area contributed by atoms with Crippen LogP contribution >= 0.6 is 0 Å². The van der Waals surface area contributed by atoms with E-state index >= 15 is 0 Å². The first-order valence-electron chi connectivity index (χ1n) is 8.89. The standard InChI is InChI=1S/C19H25N5O/c20-8-6-17(7-9-21)24-12-4-5-15-13-16(14-22-18(15)24)19(25)23-10-2-1-3-11-23/h6-9,13-14,20H,1-5,10-12,21H2/b9-7-,17-6+,20-8?. The van der Waals surface area contributed by atoms with Crippen molar-refractivity contribution in [1.82, 2.24) is 9.88 Å². The number of hydrogen-bond donors (Lipinski definition) is 2. The van der Waals surface area contributed by atoms with E-state index in [0.29, 0.717) is 5.56 Å². The number of fused-ring (bicyclic) bond motifs is 1. The quantitative estimate of drug-likeness (QED) is 0.652. The minimum absolute atomic E-state index is 0.0873. The van der Waals surface area contributed by atoms with Crippen LogP contribution in [0, 0.1) is 5.41 Å².